The van der Waals surface area contributed by atoms with Crippen molar-refractivity contribution in [3.8, 4) is 0 Å². The van der Waals surface area contributed by atoms with Crippen LogP contribution >= 0.6 is 13.2 Å². The molecular weight excluding hydrogens is 468 g/mol. The van der Waals surface area contributed by atoms with Crippen LogP contribution in [0, 0.1) is 0 Å². The molecule has 0 spiro atoms. The van der Waals surface area contributed by atoms with Crippen LogP contribution in [0.1, 0.15) is 0 Å². The summed E-state index contributed by atoms with van der Waals surface area (Å²) in [6.45, 7) is 0. The summed E-state index contributed by atoms with van der Waals surface area (Å²) in [5, 5.41) is 5.88. The van der Waals surface area contributed by atoms with E-state index in [4.69, 9.17) is 16.3 Å². The molecule has 5 aromatic carbocycles. The summed E-state index contributed by atoms with van der Waals surface area (Å²) >= 11 is 6.66. The highest BCUT2D eigenvalue weighted by Crippen LogP contribution is 2.59. The van der Waals surface area contributed by atoms with Gasteiger partial charge in [-0.05, 0) is 0 Å². The zero-order valence-electron chi connectivity index (χ0n) is 18.7. The Balaban J connectivity index is 1.97. The van der Waals surface area contributed by atoms with Crippen molar-refractivity contribution in [3.63, 3.8) is 0 Å². The summed E-state index contributed by atoms with van der Waals surface area (Å²) < 4.78 is 5.93. The number of benzene rings is 5. The first kappa shape index (κ1) is 22.8. The van der Waals surface area contributed by atoms with Gasteiger partial charge in [0.25, 0.3) is 0 Å². The molecule has 0 aromatic heterocycles. The minimum absolute atomic E-state index is 1.11. The molecule has 5 aromatic rings. The lowest BCUT2D eigenvalue weighted by Crippen LogP contribution is -2.26. The van der Waals surface area contributed by atoms with Crippen LogP contribution in [0.5, 0.6) is 0 Å². The van der Waals surface area contributed by atoms with E-state index in [0.29, 0.717) is 0 Å². The van der Waals surface area contributed by atoms with E-state index in [9.17, 15) is 0 Å². The molecule has 0 saturated heterocycles. The normalized spacial score (nSPS) is 11.6. The lowest BCUT2D eigenvalue weighted by atomic mass is 10.4. The Morgan fingerprint density at radius 1 is 0.353 bits per heavy atom. The number of hydrogen-bond acceptors (Lipinski definition) is 1. The highest BCUT2D eigenvalue weighted by molar-refractivity contribution is 8.23. The van der Waals surface area contributed by atoms with Gasteiger partial charge in [0.15, 0.2) is 0 Å². The summed E-state index contributed by atoms with van der Waals surface area (Å²) in [7, 11) is -2.44. The first-order valence-electron chi connectivity index (χ1n) is 11.3. The van der Waals surface area contributed by atoms with Gasteiger partial charge in [-0.1, -0.05) is 163 Å². The Kier molecular flexibility index (Phi) is 6.75. The van der Waals surface area contributed by atoms with Gasteiger partial charge >= 0.3 is 0 Å². The van der Waals surface area contributed by atoms with Crippen molar-refractivity contribution < 1.29 is 0 Å². The van der Waals surface area contributed by atoms with Crippen molar-refractivity contribution in [3.05, 3.63) is 152 Å². The van der Waals surface area contributed by atoms with Crippen LogP contribution in [0.2, 0.25) is 0 Å². The van der Waals surface area contributed by atoms with Crippen LogP contribution in [0.25, 0.3) is 0 Å². The molecule has 4 heteroatoms. The summed E-state index contributed by atoms with van der Waals surface area (Å²) in [4.78, 5) is 0. The molecule has 1 nitrogen and oxygen atoms in total. The van der Waals surface area contributed by atoms with Crippen LogP contribution in [0.15, 0.2) is 156 Å². The van der Waals surface area contributed by atoms with Crippen molar-refractivity contribution >= 4 is 51.6 Å². The zero-order chi connectivity index (χ0) is 23.3. The largest absolute Gasteiger partial charge is 0.248 e. The molecule has 0 aliphatic heterocycles. The Morgan fingerprint density at radius 2 is 0.588 bits per heavy atom. The van der Waals surface area contributed by atoms with Crippen molar-refractivity contribution in [1.82, 2.24) is 0 Å². The van der Waals surface area contributed by atoms with Crippen LogP contribution in [-0.2, 0) is 11.8 Å². The van der Waals surface area contributed by atoms with Gasteiger partial charge < -0.3 is 0 Å². The molecule has 0 fully saturated rings. The minimum atomic E-state index is -2.53. The van der Waals surface area contributed by atoms with Crippen molar-refractivity contribution in [2.24, 2.45) is 4.52 Å². The van der Waals surface area contributed by atoms with E-state index < -0.39 is 13.2 Å². The number of hydrogen-bond donors (Lipinski definition) is 0. The average molecular weight is 494 g/mol. The Morgan fingerprint density at radius 3 is 0.853 bits per heavy atom. The van der Waals surface area contributed by atoms with Crippen LogP contribution in [0.3, 0.4) is 0 Å². The monoisotopic (exact) mass is 493 g/mol. The van der Waals surface area contributed by atoms with Crippen molar-refractivity contribution in [2.75, 3.05) is 0 Å². The van der Waals surface area contributed by atoms with Crippen LogP contribution < -0.4 is 26.5 Å². The standard InChI is InChI=1S/C30H25NP2S/c34-33(29-22-12-4-13-23-29,30-24-14-5-15-25-30)31-32(26-16-6-1-7-17-26,27-18-8-2-9-19-27)28-20-10-3-11-21-28/h1-25H. The lowest BCUT2D eigenvalue weighted by Gasteiger charge is -2.31. The van der Waals surface area contributed by atoms with Crippen LogP contribution in [-0.4, -0.2) is 0 Å². The van der Waals surface area contributed by atoms with Gasteiger partial charge in [0.2, 0.25) is 0 Å². The van der Waals surface area contributed by atoms with Gasteiger partial charge in [0.05, 0.1) is 7.05 Å². The molecule has 0 atom stereocenters. The van der Waals surface area contributed by atoms with E-state index >= 15 is 0 Å². The highest BCUT2D eigenvalue weighted by Gasteiger charge is 2.32. The first-order valence-corrected chi connectivity index (χ1v) is 15.8. The van der Waals surface area contributed by atoms with Crippen LogP contribution in [0.4, 0.5) is 0 Å². The van der Waals surface area contributed by atoms with Crippen molar-refractivity contribution in [2.45, 2.75) is 0 Å². The van der Waals surface area contributed by atoms with Gasteiger partial charge in [0, 0.05) is 26.5 Å². The summed E-state index contributed by atoms with van der Waals surface area (Å²) in [5.41, 5.74) is 0. The second-order valence-electron chi connectivity index (χ2n) is 7.98. The SMILES string of the molecule is S=P(N=P(c1ccccc1)(c1ccccc1)c1ccccc1)(c1ccccc1)c1ccccc1. The quantitative estimate of drug-likeness (QED) is 0.256. The fraction of sp³-hybridized carbons (Fsp3) is 0. The smallest absolute Gasteiger partial charge is 0.112 e. The topological polar surface area (TPSA) is 12.4 Å². The predicted molar refractivity (Wildman–Crippen MR) is 154 cm³/mol. The minimum Gasteiger partial charge on any atom is -0.248 e. The molecule has 0 aliphatic rings. The Hall–Kier alpha value is -3.02. The molecule has 0 unspecified atom stereocenters. The predicted octanol–water partition coefficient (Wildman–Crippen LogP) is 6.21. The summed E-state index contributed by atoms with van der Waals surface area (Å²) in [5.74, 6) is 0. The zero-order valence-corrected chi connectivity index (χ0v) is 21.3. The second kappa shape index (κ2) is 10.1. The molecule has 0 amide bonds. The van der Waals surface area contributed by atoms with Crippen molar-refractivity contribution in [1.29, 1.82) is 0 Å². The fourth-order valence-electron chi connectivity index (χ4n) is 4.23. The van der Waals surface area contributed by atoms with E-state index in [1.165, 1.54) is 15.9 Å². The second-order valence-corrected chi connectivity index (χ2v) is 15.3. The number of rotatable bonds is 6. The van der Waals surface area contributed by atoms with E-state index in [1.54, 1.807) is 0 Å². The highest BCUT2D eigenvalue weighted by atomic mass is 32.4. The number of nitrogens with zero attached hydrogens (tertiary/aromatic N) is 1. The molecule has 0 bridgehead atoms. The van der Waals surface area contributed by atoms with E-state index in [2.05, 4.69) is 140 Å². The lowest BCUT2D eigenvalue weighted by molar-refractivity contribution is 1.70. The van der Waals surface area contributed by atoms with E-state index in [-0.39, 0.29) is 0 Å². The maximum atomic E-state index is 6.66. The van der Waals surface area contributed by atoms with Gasteiger partial charge in [-0.25, -0.2) is 4.52 Å². The Labute approximate surface area is 207 Å². The van der Waals surface area contributed by atoms with E-state index in [0.717, 1.165) is 10.6 Å². The molecule has 0 radical (unpaired) electrons. The maximum Gasteiger partial charge on any atom is 0.112 e. The average Bonchev–Trinajstić information content (AvgIpc) is 2.94. The molecule has 5 rings (SSSR count). The van der Waals surface area contributed by atoms with Gasteiger partial charge in [-0.15, -0.1) is 0 Å². The molecule has 0 heterocycles. The molecule has 0 N–H and O–H groups in total. The Bertz CT molecular complexity index is 1310. The third-order valence-electron chi connectivity index (χ3n) is 5.86. The molecule has 0 saturated carbocycles. The summed E-state index contributed by atoms with van der Waals surface area (Å²) in [6.07, 6.45) is -2.53. The molecule has 166 valence electrons. The molecular formula is C30H25NP2S. The first-order chi connectivity index (χ1) is 16.7. The fourth-order valence-corrected chi connectivity index (χ4v) is 13.7. The van der Waals surface area contributed by atoms with Gasteiger partial charge in [-0.3, -0.25) is 0 Å². The molecule has 34 heavy (non-hydrogen) atoms. The maximum absolute atomic E-state index is 6.66. The third-order valence-corrected chi connectivity index (χ3v) is 15.0. The third kappa shape index (κ3) is 4.26. The summed E-state index contributed by atoms with van der Waals surface area (Å²) in [6, 6.07) is 53.1. The molecule has 0 aliphatic carbocycles. The van der Waals surface area contributed by atoms with E-state index in [1.807, 2.05) is 12.1 Å². The van der Waals surface area contributed by atoms with Gasteiger partial charge in [-0.2, -0.15) is 0 Å². The van der Waals surface area contributed by atoms with Gasteiger partial charge in [0.1, 0.15) is 6.19 Å².